The fourth-order valence-corrected chi connectivity index (χ4v) is 1.75. The second-order valence-corrected chi connectivity index (χ2v) is 4.66. The topological polar surface area (TPSA) is 49.3 Å². The lowest BCUT2D eigenvalue weighted by Gasteiger charge is -2.19. The van der Waals surface area contributed by atoms with E-state index in [1.807, 2.05) is 0 Å². The molecule has 0 rings (SSSR count). The predicted molar refractivity (Wildman–Crippen MR) is 67.6 cm³/mol. The van der Waals surface area contributed by atoms with Crippen LogP contribution >= 0.6 is 0 Å². The number of carboxylic acid groups (broad SMARTS) is 1. The second-order valence-electron chi connectivity index (χ2n) is 4.66. The van der Waals surface area contributed by atoms with Crippen molar-refractivity contribution in [2.24, 2.45) is 5.92 Å². The first-order valence-electron chi connectivity index (χ1n) is 6.55. The molecule has 0 amide bonds. The molecule has 0 bridgehead atoms. The third-order valence-electron chi connectivity index (χ3n) is 3.09. The minimum absolute atomic E-state index is 0.264. The maximum atomic E-state index is 10.4. The van der Waals surface area contributed by atoms with Gasteiger partial charge in [0.2, 0.25) is 0 Å². The van der Waals surface area contributed by atoms with E-state index < -0.39 is 5.97 Å². The van der Waals surface area contributed by atoms with E-state index in [4.69, 9.17) is 5.11 Å². The third-order valence-corrected chi connectivity index (χ3v) is 3.09. The number of nitrogens with one attached hydrogen (secondary N) is 1. The first-order valence-corrected chi connectivity index (χ1v) is 6.55. The highest BCUT2D eigenvalue weighted by Crippen LogP contribution is 2.11. The van der Waals surface area contributed by atoms with E-state index in [-0.39, 0.29) is 6.42 Å². The number of hydrogen-bond acceptors (Lipinski definition) is 2. The van der Waals surface area contributed by atoms with Crippen molar-refractivity contribution in [3.63, 3.8) is 0 Å². The minimum atomic E-state index is -0.702. The smallest absolute Gasteiger partial charge is 0.303 e. The van der Waals surface area contributed by atoms with Crippen LogP contribution in [0.15, 0.2) is 0 Å². The van der Waals surface area contributed by atoms with E-state index in [2.05, 4.69) is 26.1 Å². The Morgan fingerprint density at radius 1 is 1.31 bits per heavy atom. The van der Waals surface area contributed by atoms with Gasteiger partial charge in [-0.1, -0.05) is 33.1 Å². The van der Waals surface area contributed by atoms with Crippen LogP contribution in [0, 0.1) is 5.92 Å². The van der Waals surface area contributed by atoms with Gasteiger partial charge in [-0.3, -0.25) is 4.79 Å². The zero-order valence-corrected chi connectivity index (χ0v) is 11.0. The van der Waals surface area contributed by atoms with Crippen LogP contribution in [0.5, 0.6) is 0 Å². The van der Waals surface area contributed by atoms with E-state index in [1.165, 1.54) is 25.7 Å². The number of hydrogen-bond donors (Lipinski definition) is 2. The van der Waals surface area contributed by atoms with E-state index >= 15 is 0 Å². The number of rotatable bonds is 10. The molecule has 2 atom stereocenters. The van der Waals surface area contributed by atoms with Crippen molar-refractivity contribution >= 4 is 5.97 Å². The van der Waals surface area contributed by atoms with Gasteiger partial charge >= 0.3 is 5.97 Å². The van der Waals surface area contributed by atoms with Gasteiger partial charge in [0.25, 0.3) is 0 Å². The monoisotopic (exact) mass is 229 g/mol. The van der Waals surface area contributed by atoms with E-state index in [0.29, 0.717) is 6.04 Å². The van der Waals surface area contributed by atoms with Crippen molar-refractivity contribution in [3.05, 3.63) is 0 Å². The summed E-state index contributed by atoms with van der Waals surface area (Å²) in [6, 6.07) is 0.312. The Bertz CT molecular complexity index is 183. The van der Waals surface area contributed by atoms with Crippen LogP contribution in [0.2, 0.25) is 0 Å². The Morgan fingerprint density at radius 2 is 2.00 bits per heavy atom. The minimum Gasteiger partial charge on any atom is -0.481 e. The maximum absolute atomic E-state index is 10.4. The lowest BCUT2D eigenvalue weighted by Crippen LogP contribution is -2.31. The van der Waals surface area contributed by atoms with Crippen molar-refractivity contribution < 1.29 is 9.90 Å². The normalized spacial score (nSPS) is 14.7. The molecule has 0 aromatic carbocycles. The van der Waals surface area contributed by atoms with Gasteiger partial charge in [0.1, 0.15) is 0 Å². The Labute approximate surface area is 99.6 Å². The third kappa shape index (κ3) is 8.72. The molecule has 0 spiro atoms. The van der Waals surface area contributed by atoms with E-state index in [9.17, 15) is 4.79 Å². The molecule has 0 aromatic heterocycles. The highest BCUT2D eigenvalue weighted by molar-refractivity contribution is 5.66. The Morgan fingerprint density at radius 3 is 2.50 bits per heavy atom. The van der Waals surface area contributed by atoms with Crippen LogP contribution in [0.3, 0.4) is 0 Å². The zero-order valence-electron chi connectivity index (χ0n) is 11.0. The number of carbonyl (C=O) groups is 1. The average molecular weight is 229 g/mol. The maximum Gasteiger partial charge on any atom is 0.303 e. The summed E-state index contributed by atoms with van der Waals surface area (Å²) in [5.74, 6) is 0.0407. The summed E-state index contributed by atoms with van der Waals surface area (Å²) < 4.78 is 0. The lowest BCUT2D eigenvalue weighted by molar-refractivity contribution is -0.137. The van der Waals surface area contributed by atoms with Gasteiger partial charge in [0.05, 0.1) is 0 Å². The van der Waals surface area contributed by atoms with Crippen LogP contribution in [-0.4, -0.2) is 23.7 Å². The molecular formula is C13H27NO2. The summed E-state index contributed by atoms with van der Waals surface area (Å²) in [6.07, 6.45) is 6.03. The molecule has 16 heavy (non-hydrogen) atoms. The van der Waals surface area contributed by atoms with Gasteiger partial charge in [0.15, 0.2) is 0 Å². The lowest BCUT2D eigenvalue weighted by atomic mass is 9.99. The Kier molecular flexibility index (Phi) is 9.30. The van der Waals surface area contributed by atoms with Crippen LogP contribution in [0.25, 0.3) is 0 Å². The van der Waals surface area contributed by atoms with Crippen LogP contribution in [0.1, 0.15) is 59.3 Å². The number of unbranched alkanes of at least 4 members (excludes halogenated alkanes) is 1. The van der Waals surface area contributed by atoms with E-state index in [1.54, 1.807) is 0 Å². The quantitative estimate of drug-likeness (QED) is 0.605. The largest absolute Gasteiger partial charge is 0.481 e. The van der Waals surface area contributed by atoms with Crippen molar-refractivity contribution in [2.45, 2.75) is 65.3 Å². The number of carboxylic acids is 1. The standard InChI is InChI=1S/C13H27NO2/c1-4-6-7-12(5-2)10-14-11(3)8-9-13(15)16/h11-12,14H,4-10H2,1-3H3,(H,15,16). The van der Waals surface area contributed by atoms with Crippen molar-refractivity contribution in [2.75, 3.05) is 6.54 Å². The highest BCUT2D eigenvalue weighted by atomic mass is 16.4. The summed E-state index contributed by atoms with van der Waals surface area (Å²) in [5.41, 5.74) is 0. The molecule has 2 N–H and O–H groups in total. The van der Waals surface area contributed by atoms with E-state index in [0.717, 1.165) is 18.9 Å². The second kappa shape index (κ2) is 9.64. The number of aliphatic carboxylic acids is 1. The molecule has 2 unspecified atom stereocenters. The van der Waals surface area contributed by atoms with Gasteiger partial charge in [-0.15, -0.1) is 0 Å². The average Bonchev–Trinajstić information content (AvgIpc) is 2.26. The molecule has 0 radical (unpaired) electrons. The molecule has 96 valence electrons. The molecule has 0 heterocycles. The SMILES string of the molecule is CCCCC(CC)CNC(C)CCC(=O)O. The summed E-state index contributed by atoms with van der Waals surface area (Å²) in [4.78, 5) is 10.4. The molecule has 0 aromatic rings. The molecule has 3 nitrogen and oxygen atoms in total. The first kappa shape index (κ1) is 15.4. The molecular weight excluding hydrogens is 202 g/mol. The van der Waals surface area contributed by atoms with Crippen LogP contribution in [0.4, 0.5) is 0 Å². The Hall–Kier alpha value is -0.570. The van der Waals surface area contributed by atoms with Gasteiger partial charge < -0.3 is 10.4 Å². The zero-order chi connectivity index (χ0) is 12.4. The fraction of sp³-hybridized carbons (Fsp3) is 0.923. The van der Waals surface area contributed by atoms with Crippen LogP contribution < -0.4 is 5.32 Å². The molecule has 0 aliphatic rings. The van der Waals surface area contributed by atoms with Crippen LogP contribution in [-0.2, 0) is 4.79 Å². The van der Waals surface area contributed by atoms with Crippen molar-refractivity contribution in [3.8, 4) is 0 Å². The highest BCUT2D eigenvalue weighted by Gasteiger charge is 2.09. The van der Waals surface area contributed by atoms with Gasteiger partial charge in [-0.05, 0) is 32.2 Å². The molecule has 0 saturated heterocycles. The van der Waals surface area contributed by atoms with Crippen molar-refractivity contribution in [1.82, 2.24) is 5.32 Å². The summed E-state index contributed by atoms with van der Waals surface area (Å²) >= 11 is 0. The molecule has 0 fully saturated rings. The first-order chi connectivity index (χ1) is 7.60. The predicted octanol–water partition coefficient (Wildman–Crippen LogP) is 3.05. The van der Waals surface area contributed by atoms with Crippen molar-refractivity contribution in [1.29, 1.82) is 0 Å². The fourth-order valence-electron chi connectivity index (χ4n) is 1.75. The summed E-state index contributed by atoms with van der Waals surface area (Å²) in [7, 11) is 0. The molecule has 3 heteroatoms. The Balaban J connectivity index is 3.61. The van der Waals surface area contributed by atoms with Gasteiger partial charge in [0, 0.05) is 12.5 Å². The summed E-state index contributed by atoms with van der Waals surface area (Å²) in [6.45, 7) is 7.53. The molecule has 0 aliphatic carbocycles. The molecule has 0 saturated carbocycles. The summed E-state index contributed by atoms with van der Waals surface area (Å²) in [5, 5.41) is 12.0. The van der Waals surface area contributed by atoms with Gasteiger partial charge in [-0.2, -0.15) is 0 Å². The van der Waals surface area contributed by atoms with Gasteiger partial charge in [-0.25, -0.2) is 0 Å². The molecule has 0 aliphatic heterocycles.